The predicted octanol–water partition coefficient (Wildman–Crippen LogP) is 4.91. The highest BCUT2D eigenvalue weighted by atomic mass is 16.5. The molecular weight excluding hydrogens is 510 g/mol. The number of aliphatic carboxylic acids is 1. The van der Waals surface area contributed by atoms with Gasteiger partial charge in [0.05, 0.1) is 26.9 Å². The molecule has 0 aromatic heterocycles. The first-order valence-corrected chi connectivity index (χ1v) is 13.5. The van der Waals surface area contributed by atoms with Crippen molar-refractivity contribution in [2.24, 2.45) is 0 Å². The van der Waals surface area contributed by atoms with Crippen LogP contribution in [-0.2, 0) is 19.9 Å². The summed E-state index contributed by atoms with van der Waals surface area (Å²) in [6, 6.07) is 25.1. The van der Waals surface area contributed by atoms with Gasteiger partial charge < -0.3 is 29.7 Å². The van der Waals surface area contributed by atoms with Crippen LogP contribution in [0.2, 0.25) is 0 Å². The molecule has 0 fully saturated rings. The number of amides is 1. The van der Waals surface area contributed by atoms with Crippen LogP contribution in [0.3, 0.4) is 0 Å². The van der Waals surface area contributed by atoms with Gasteiger partial charge in [-0.05, 0) is 53.8 Å². The highest BCUT2D eigenvalue weighted by Crippen LogP contribution is 2.41. The van der Waals surface area contributed by atoms with E-state index in [1.807, 2.05) is 78.9 Å². The zero-order valence-electron chi connectivity index (χ0n) is 23.2. The second-order valence-corrected chi connectivity index (χ2v) is 9.58. The maximum atomic E-state index is 12.3. The minimum Gasteiger partial charge on any atom is -0.497 e. The average Bonchev–Trinajstić information content (AvgIpc) is 2.99. The Morgan fingerprint density at radius 1 is 0.750 bits per heavy atom. The summed E-state index contributed by atoms with van der Waals surface area (Å²) in [7, 11) is 3.23. The van der Waals surface area contributed by atoms with Gasteiger partial charge >= 0.3 is 5.97 Å². The van der Waals surface area contributed by atoms with Crippen LogP contribution in [0, 0.1) is 0 Å². The van der Waals surface area contributed by atoms with Gasteiger partial charge in [-0.1, -0.05) is 67.4 Å². The average molecular weight is 550 g/mol. The van der Waals surface area contributed by atoms with Crippen LogP contribution in [-0.4, -0.2) is 55.6 Å². The standard InChI is InChI=1S/C32H39NO7/c1-38-28-18-14-25(15-19-28)32(24-10-6-5-7-11-24,26-16-20-29(39-2)21-17-26)40-23-27(34)22-33-30(35)12-8-3-4-9-13-31(36)37/h5-7,10-11,14-21,27,34H,3-4,8-9,12-13,22-23H2,1-2H3,(H,33,35)(H,36,37). The quantitative estimate of drug-likeness (QED) is 0.162. The Kier molecular flexibility index (Phi) is 12.0. The van der Waals surface area contributed by atoms with Gasteiger partial charge in [-0.3, -0.25) is 9.59 Å². The number of hydrogen-bond donors (Lipinski definition) is 3. The molecule has 3 aromatic carbocycles. The van der Waals surface area contributed by atoms with Gasteiger partial charge in [-0.2, -0.15) is 0 Å². The summed E-state index contributed by atoms with van der Waals surface area (Å²) in [6.45, 7) is 0.0103. The predicted molar refractivity (Wildman–Crippen MR) is 153 cm³/mol. The summed E-state index contributed by atoms with van der Waals surface area (Å²) in [4.78, 5) is 22.9. The van der Waals surface area contributed by atoms with E-state index >= 15 is 0 Å². The van der Waals surface area contributed by atoms with Crippen molar-refractivity contribution < 1.29 is 34.0 Å². The van der Waals surface area contributed by atoms with Gasteiger partial charge in [-0.25, -0.2) is 0 Å². The van der Waals surface area contributed by atoms with Gasteiger partial charge in [0.15, 0.2) is 0 Å². The number of unbranched alkanes of at least 4 members (excludes halogenated alkanes) is 3. The zero-order valence-corrected chi connectivity index (χ0v) is 23.2. The van der Waals surface area contributed by atoms with E-state index in [1.54, 1.807) is 14.2 Å². The lowest BCUT2D eigenvalue weighted by Gasteiger charge is -2.36. The second-order valence-electron chi connectivity index (χ2n) is 9.58. The van der Waals surface area contributed by atoms with Crippen LogP contribution in [0.15, 0.2) is 78.9 Å². The van der Waals surface area contributed by atoms with Crippen molar-refractivity contribution in [1.82, 2.24) is 5.32 Å². The molecule has 0 aliphatic carbocycles. The number of aliphatic hydroxyl groups is 1. The lowest BCUT2D eigenvalue weighted by Crippen LogP contribution is -2.39. The molecule has 3 N–H and O–H groups in total. The number of methoxy groups -OCH3 is 2. The van der Waals surface area contributed by atoms with E-state index in [4.69, 9.17) is 19.3 Å². The molecule has 8 nitrogen and oxygen atoms in total. The summed E-state index contributed by atoms with van der Waals surface area (Å²) in [6.07, 6.45) is 2.37. The number of rotatable bonds is 17. The SMILES string of the molecule is COc1ccc(C(OCC(O)CNC(=O)CCCCCCC(=O)O)(c2ccccc2)c2ccc(OC)cc2)cc1. The largest absolute Gasteiger partial charge is 0.497 e. The molecule has 0 aliphatic rings. The van der Waals surface area contributed by atoms with Gasteiger partial charge in [-0.15, -0.1) is 0 Å². The van der Waals surface area contributed by atoms with Crippen LogP contribution in [0.4, 0.5) is 0 Å². The first-order chi connectivity index (χ1) is 19.4. The van der Waals surface area contributed by atoms with Gasteiger partial charge in [0.25, 0.3) is 0 Å². The first-order valence-electron chi connectivity index (χ1n) is 13.5. The molecule has 1 amide bonds. The Labute approximate surface area is 235 Å². The van der Waals surface area contributed by atoms with Crippen molar-refractivity contribution in [3.05, 3.63) is 95.6 Å². The van der Waals surface area contributed by atoms with Gasteiger partial charge in [0.1, 0.15) is 17.1 Å². The Morgan fingerprint density at radius 3 is 1.75 bits per heavy atom. The number of hydrogen-bond acceptors (Lipinski definition) is 6. The molecule has 214 valence electrons. The number of carboxylic acids is 1. The Bertz CT molecular complexity index is 1130. The molecular formula is C32H39NO7. The van der Waals surface area contributed by atoms with Gasteiger partial charge in [0, 0.05) is 19.4 Å². The lowest BCUT2D eigenvalue weighted by molar-refractivity contribution is -0.137. The normalized spacial score (nSPS) is 12.0. The zero-order chi connectivity index (χ0) is 28.8. The maximum absolute atomic E-state index is 12.3. The molecule has 40 heavy (non-hydrogen) atoms. The minimum atomic E-state index is -1.05. The Morgan fingerprint density at radius 2 is 1.25 bits per heavy atom. The number of carboxylic acid groups (broad SMARTS) is 1. The molecule has 0 spiro atoms. The fourth-order valence-electron chi connectivity index (χ4n) is 4.59. The Hall–Kier alpha value is -3.88. The van der Waals surface area contributed by atoms with Crippen molar-refractivity contribution in [2.45, 2.75) is 50.2 Å². The van der Waals surface area contributed by atoms with Crippen LogP contribution < -0.4 is 14.8 Å². The van der Waals surface area contributed by atoms with Crippen molar-refractivity contribution in [1.29, 1.82) is 0 Å². The molecule has 0 aliphatic heterocycles. The summed E-state index contributed by atoms with van der Waals surface area (Å²) >= 11 is 0. The number of ether oxygens (including phenoxy) is 3. The minimum absolute atomic E-state index is 0.0393. The molecule has 0 radical (unpaired) electrons. The summed E-state index contributed by atoms with van der Waals surface area (Å²) < 4.78 is 17.4. The summed E-state index contributed by atoms with van der Waals surface area (Å²) in [5.74, 6) is 0.469. The van der Waals surface area contributed by atoms with E-state index in [0.29, 0.717) is 30.8 Å². The van der Waals surface area contributed by atoms with E-state index in [-0.39, 0.29) is 25.5 Å². The second kappa shape index (κ2) is 15.6. The molecule has 8 heteroatoms. The smallest absolute Gasteiger partial charge is 0.303 e. The third-order valence-electron chi connectivity index (χ3n) is 6.74. The number of carbonyl (C=O) groups is 2. The van der Waals surface area contributed by atoms with E-state index in [1.165, 1.54) is 0 Å². The Balaban J connectivity index is 1.75. The molecule has 0 heterocycles. The monoisotopic (exact) mass is 549 g/mol. The van der Waals surface area contributed by atoms with E-state index < -0.39 is 17.7 Å². The number of carbonyl (C=O) groups excluding carboxylic acids is 1. The van der Waals surface area contributed by atoms with Gasteiger partial charge in [0.2, 0.25) is 5.91 Å². The van der Waals surface area contributed by atoms with Crippen LogP contribution in [0.5, 0.6) is 11.5 Å². The molecule has 0 saturated carbocycles. The maximum Gasteiger partial charge on any atom is 0.303 e. The molecule has 0 bridgehead atoms. The van der Waals surface area contributed by atoms with Crippen molar-refractivity contribution in [3.8, 4) is 11.5 Å². The lowest BCUT2D eigenvalue weighted by atomic mass is 9.80. The molecule has 3 aromatic rings. The van der Waals surface area contributed by atoms with Crippen molar-refractivity contribution >= 4 is 11.9 Å². The van der Waals surface area contributed by atoms with Crippen LogP contribution in [0.1, 0.15) is 55.2 Å². The van der Waals surface area contributed by atoms with Crippen molar-refractivity contribution in [2.75, 3.05) is 27.4 Å². The number of nitrogens with one attached hydrogen (secondary N) is 1. The topological polar surface area (TPSA) is 114 Å². The highest BCUT2D eigenvalue weighted by Gasteiger charge is 2.38. The summed E-state index contributed by atoms with van der Waals surface area (Å²) in [5, 5.41) is 22.3. The number of aliphatic hydroxyl groups excluding tert-OH is 1. The molecule has 1 atom stereocenters. The fourth-order valence-corrected chi connectivity index (χ4v) is 4.59. The van der Waals surface area contributed by atoms with E-state index in [9.17, 15) is 14.7 Å². The molecule has 0 saturated heterocycles. The fraction of sp³-hybridized carbons (Fsp3) is 0.375. The third kappa shape index (κ3) is 8.56. The number of benzene rings is 3. The third-order valence-corrected chi connectivity index (χ3v) is 6.74. The summed E-state index contributed by atoms with van der Waals surface area (Å²) in [5.41, 5.74) is 1.53. The molecule has 1 unspecified atom stereocenters. The molecule has 3 rings (SSSR count). The van der Waals surface area contributed by atoms with E-state index in [0.717, 1.165) is 29.5 Å². The first kappa shape index (κ1) is 30.7. The van der Waals surface area contributed by atoms with E-state index in [2.05, 4.69) is 5.32 Å². The van der Waals surface area contributed by atoms with Crippen LogP contribution in [0.25, 0.3) is 0 Å². The van der Waals surface area contributed by atoms with Crippen LogP contribution >= 0.6 is 0 Å². The van der Waals surface area contributed by atoms with Crippen molar-refractivity contribution in [3.63, 3.8) is 0 Å². The highest BCUT2D eigenvalue weighted by molar-refractivity contribution is 5.75.